The van der Waals surface area contributed by atoms with Crippen LogP contribution >= 0.6 is 0 Å². The van der Waals surface area contributed by atoms with Crippen LogP contribution in [0.25, 0.3) is 0 Å². The molecule has 3 aromatic carbocycles. The second-order valence-corrected chi connectivity index (χ2v) is 34.5. The van der Waals surface area contributed by atoms with Crippen LogP contribution in [-0.2, 0) is 45.7 Å². The summed E-state index contributed by atoms with van der Waals surface area (Å²) in [5.41, 5.74) is 1.75. The molecule has 15 heteroatoms. The summed E-state index contributed by atoms with van der Waals surface area (Å²) in [6.45, 7) is 54.5. The molecule has 0 aliphatic heterocycles. The van der Waals surface area contributed by atoms with Crippen molar-refractivity contribution in [3.63, 3.8) is 0 Å². The smallest absolute Gasteiger partial charge is 0.336 e. The number of ether oxygens (including phenoxy) is 1. The highest BCUT2D eigenvalue weighted by atomic mass is 32.2. The highest BCUT2D eigenvalue weighted by molar-refractivity contribution is 7.91. The average molecular weight is 1220 g/mol. The minimum atomic E-state index is -3.15. The number of sulfone groups is 2. The van der Waals surface area contributed by atoms with Crippen molar-refractivity contribution in [2.24, 2.45) is 32.5 Å². The predicted molar refractivity (Wildman–Crippen MR) is 364 cm³/mol. The Morgan fingerprint density at radius 1 is 0.447 bits per heavy atom. The third-order valence-corrected chi connectivity index (χ3v) is 15.3. The molecule has 0 N–H and O–H groups in total. The van der Waals surface area contributed by atoms with E-state index in [4.69, 9.17) is 4.74 Å². The fraction of sp³-hybridized carbons (Fsp3) is 0.643. The van der Waals surface area contributed by atoms with E-state index in [1.165, 1.54) is 17.7 Å². The van der Waals surface area contributed by atoms with Gasteiger partial charge in [-0.25, -0.2) is 44.9 Å². The molecule has 1 aromatic heterocycles. The number of rotatable bonds is 23. The highest BCUT2D eigenvalue weighted by Crippen LogP contribution is 2.24. The molecule has 0 saturated carbocycles. The first-order valence-electron chi connectivity index (χ1n) is 30.4. The lowest BCUT2D eigenvalue weighted by Crippen LogP contribution is -2.54. The van der Waals surface area contributed by atoms with Crippen molar-refractivity contribution in [3.8, 4) is 5.75 Å². The van der Waals surface area contributed by atoms with Gasteiger partial charge in [0, 0.05) is 19.6 Å². The van der Waals surface area contributed by atoms with Crippen LogP contribution in [0.15, 0.2) is 134 Å². The van der Waals surface area contributed by atoms with Crippen molar-refractivity contribution in [2.45, 2.75) is 213 Å². The van der Waals surface area contributed by atoms with Gasteiger partial charge in [-0.2, -0.15) is 0 Å². The second kappa shape index (κ2) is 38.4. The fourth-order valence-corrected chi connectivity index (χ4v) is 10.3. The Balaban J connectivity index is 0. The summed E-state index contributed by atoms with van der Waals surface area (Å²) >= 11 is 0. The van der Waals surface area contributed by atoms with Gasteiger partial charge in [-0.3, -0.25) is 0 Å². The molecule has 13 nitrogen and oxygen atoms in total. The van der Waals surface area contributed by atoms with Crippen molar-refractivity contribution in [1.82, 2.24) is 23.5 Å². The number of allylic oxidation sites excluding steroid dienone is 2. The maximum absolute atomic E-state index is 12.4. The van der Waals surface area contributed by atoms with Crippen molar-refractivity contribution >= 4 is 19.7 Å². The zero-order valence-corrected chi connectivity index (χ0v) is 59.4. The van der Waals surface area contributed by atoms with E-state index >= 15 is 0 Å². The summed E-state index contributed by atoms with van der Waals surface area (Å²) < 4.78 is 56.8. The van der Waals surface area contributed by atoms with Gasteiger partial charge < -0.3 is 14.5 Å². The van der Waals surface area contributed by atoms with E-state index in [0.29, 0.717) is 62.9 Å². The molecule has 0 fully saturated rings. The van der Waals surface area contributed by atoms with Crippen LogP contribution in [0.1, 0.15) is 183 Å². The van der Waals surface area contributed by atoms with E-state index < -0.39 is 36.7 Å². The summed E-state index contributed by atoms with van der Waals surface area (Å²) in [5.74, 6) is 1.30. The Labute approximate surface area is 519 Å². The molecule has 486 valence electrons. The topological polar surface area (TPSA) is 150 Å². The van der Waals surface area contributed by atoms with Crippen LogP contribution in [0.4, 0.5) is 0 Å². The Kier molecular flexibility index (Phi) is 37.2. The van der Waals surface area contributed by atoms with E-state index in [0.717, 1.165) is 71.1 Å². The number of hydrogen-bond donors (Lipinski definition) is 0. The third kappa shape index (κ3) is 44.3. The Morgan fingerprint density at radius 2 is 0.753 bits per heavy atom. The van der Waals surface area contributed by atoms with Crippen molar-refractivity contribution < 1.29 is 21.6 Å². The Bertz CT molecular complexity index is 2720. The van der Waals surface area contributed by atoms with Crippen LogP contribution in [0, 0.1) is 32.5 Å². The maximum atomic E-state index is 12.4. The van der Waals surface area contributed by atoms with Crippen LogP contribution in [0.3, 0.4) is 0 Å². The number of aromatic nitrogens is 3. The van der Waals surface area contributed by atoms with Gasteiger partial charge in [0.2, 0.25) is 0 Å². The summed E-state index contributed by atoms with van der Waals surface area (Å²) in [6.07, 6.45) is 10.1. The molecule has 1 heterocycles. The molecular formula is C70H121N5O8S2. The quantitative estimate of drug-likeness (QED) is 0.0657. The summed E-state index contributed by atoms with van der Waals surface area (Å²) in [6, 6.07) is 25.7. The summed E-state index contributed by atoms with van der Waals surface area (Å²) in [4.78, 5) is 41.9. The highest BCUT2D eigenvalue weighted by Gasteiger charge is 2.19. The zero-order valence-electron chi connectivity index (χ0n) is 57.8. The van der Waals surface area contributed by atoms with Crippen molar-refractivity contribution in [3.05, 3.63) is 147 Å². The van der Waals surface area contributed by atoms with Crippen molar-refractivity contribution in [1.29, 1.82) is 0 Å². The molecule has 0 amide bonds. The first kappa shape index (κ1) is 82.2. The standard InChI is InChI=1S/C16H25N3O3.2C16H27NO2S.C12H18O.2C5H12/c1-6-10-17-13(20)18(11-7-2)15(22)19(14(17)21)12-8-9-16(3,4)5;2*1-16(2,3)11-8-12-17(4)13-14-20(18,19)15-9-6-5-7-10-15;1-12(2,3)9-10-5-7-11(13-4)8-6-10;2*1-5(2,3)4/h6-7H,1-2,8-12H2,3-5H3;2*5-7,9-10H,8,11-14H2,1-4H3;5-8H,9H2,1-4H3;2*1-4H3. The molecular weight excluding hydrogens is 1100 g/mol. The van der Waals surface area contributed by atoms with Crippen LogP contribution < -0.4 is 21.8 Å². The zero-order chi connectivity index (χ0) is 66.3. The fourth-order valence-electron chi connectivity index (χ4n) is 7.59. The van der Waals surface area contributed by atoms with E-state index in [9.17, 15) is 31.2 Å². The first-order valence-corrected chi connectivity index (χ1v) is 33.7. The lowest BCUT2D eigenvalue weighted by Gasteiger charge is -2.21. The molecule has 4 rings (SSSR count). The Morgan fingerprint density at radius 3 is 1.04 bits per heavy atom. The van der Waals surface area contributed by atoms with Gasteiger partial charge in [0.15, 0.2) is 19.7 Å². The van der Waals surface area contributed by atoms with Gasteiger partial charge in [0.25, 0.3) is 0 Å². The molecule has 0 bridgehead atoms. The van der Waals surface area contributed by atoms with E-state index in [1.807, 2.05) is 38.4 Å². The van der Waals surface area contributed by atoms with Crippen LogP contribution in [0.2, 0.25) is 0 Å². The van der Waals surface area contributed by atoms with E-state index in [-0.39, 0.29) is 30.0 Å². The molecule has 85 heavy (non-hydrogen) atoms. The first-order chi connectivity index (χ1) is 38.6. The van der Waals surface area contributed by atoms with E-state index in [2.05, 4.69) is 174 Å². The van der Waals surface area contributed by atoms with Crippen molar-refractivity contribution in [2.75, 3.05) is 58.9 Å². The largest absolute Gasteiger partial charge is 0.497 e. The molecule has 0 unspecified atom stereocenters. The monoisotopic (exact) mass is 1220 g/mol. The van der Waals surface area contributed by atoms with Gasteiger partial charge >= 0.3 is 17.1 Å². The van der Waals surface area contributed by atoms with Gasteiger partial charge in [0.05, 0.1) is 41.5 Å². The van der Waals surface area contributed by atoms with Crippen LogP contribution in [0.5, 0.6) is 5.75 Å². The lowest BCUT2D eigenvalue weighted by molar-refractivity contribution is 0.297. The van der Waals surface area contributed by atoms with Gasteiger partial charge in [0.1, 0.15) is 5.75 Å². The minimum absolute atomic E-state index is 0.0777. The van der Waals surface area contributed by atoms with Gasteiger partial charge in [-0.05, 0) is 147 Å². The predicted octanol–water partition coefficient (Wildman–Crippen LogP) is 15.2. The van der Waals surface area contributed by atoms with Gasteiger partial charge in [-0.15, -0.1) is 13.2 Å². The summed E-state index contributed by atoms with van der Waals surface area (Å²) in [5, 5.41) is 0. The SMILES string of the molecule is C=CCn1c(=O)n(CC=C)c(=O)n(CCCC(C)(C)C)c1=O.CC(C)(C)C.CC(C)(C)C.CN(CCCC(C)(C)C)CCS(=O)(=O)c1ccccc1.CN(CCCC(C)(C)C)CCS(=O)(=O)c1ccccc1.COc1ccc(CC(C)(C)C)cc1. The molecule has 0 saturated heterocycles. The van der Waals surface area contributed by atoms with E-state index in [1.54, 1.807) is 55.6 Å². The maximum Gasteiger partial charge on any atom is 0.336 e. The number of hydrogen-bond acceptors (Lipinski definition) is 10. The number of nitrogens with zero attached hydrogens (tertiary/aromatic N) is 5. The number of methoxy groups -OCH3 is 1. The second-order valence-electron chi connectivity index (χ2n) is 30.2. The molecule has 0 radical (unpaired) electrons. The lowest BCUT2D eigenvalue weighted by atomic mass is 9.88. The molecule has 4 aromatic rings. The molecule has 0 aliphatic carbocycles. The normalized spacial score (nSPS) is 12.2. The third-order valence-electron chi connectivity index (χ3n) is 11.8. The Hall–Kier alpha value is -4.83. The molecule has 0 spiro atoms. The van der Waals surface area contributed by atoms with Gasteiger partial charge in [-0.1, -0.05) is 199 Å². The summed E-state index contributed by atoms with van der Waals surface area (Å²) in [7, 11) is -0.629. The average Bonchev–Trinajstić information content (AvgIpc) is 3.01. The number of benzene rings is 3. The molecule has 0 aliphatic rings. The van der Waals surface area contributed by atoms with Crippen LogP contribution in [-0.4, -0.2) is 99.2 Å². The molecule has 0 atom stereocenters. The minimum Gasteiger partial charge on any atom is -0.497 e.